The number of anilines is 1. The molecule has 0 atom stereocenters. The maximum Gasteiger partial charge on any atom is 0.0992 e. The van der Waals surface area contributed by atoms with Crippen LogP contribution < -0.4 is 5.32 Å². The van der Waals surface area contributed by atoms with Crippen molar-refractivity contribution in [1.82, 2.24) is 9.78 Å². The average Bonchev–Trinajstić information content (AvgIpc) is 2.88. The van der Waals surface area contributed by atoms with Crippen LogP contribution in [0.4, 0.5) is 5.69 Å². The Bertz CT molecular complexity index is 640. The molecule has 0 bridgehead atoms. The summed E-state index contributed by atoms with van der Waals surface area (Å²) < 4.78 is 2.92. The minimum absolute atomic E-state index is 0.647. The van der Waals surface area contributed by atoms with Crippen molar-refractivity contribution < 1.29 is 0 Å². The van der Waals surface area contributed by atoms with Crippen LogP contribution in [-0.4, -0.2) is 9.78 Å². The van der Waals surface area contributed by atoms with Crippen LogP contribution in [-0.2, 0) is 19.5 Å². The number of nitriles is 1. The van der Waals surface area contributed by atoms with Gasteiger partial charge in [-0.2, -0.15) is 10.4 Å². The van der Waals surface area contributed by atoms with Gasteiger partial charge in [0.15, 0.2) is 0 Å². The summed E-state index contributed by atoms with van der Waals surface area (Å²) in [7, 11) is 0. The molecule has 104 valence electrons. The Labute approximate surface area is 127 Å². The number of aryl methyl sites for hydroxylation is 2. The van der Waals surface area contributed by atoms with E-state index in [4.69, 9.17) is 5.26 Å². The molecule has 1 heterocycles. The summed E-state index contributed by atoms with van der Waals surface area (Å²) in [6, 6.07) is 9.80. The smallest absolute Gasteiger partial charge is 0.0992 e. The van der Waals surface area contributed by atoms with Gasteiger partial charge in [0.1, 0.15) is 0 Å². The van der Waals surface area contributed by atoms with Crippen LogP contribution in [0.1, 0.15) is 30.8 Å². The van der Waals surface area contributed by atoms with Crippen molar-refractivity contribution in [3.63, 3.8) is 0 Å². The summed E-state index contributed by atoms with van der Waals surface area (Å²) in [5, 5.41) is 16.8. The van der Waals surface area contributed by atoms with E-state index in [1.807, 2.05) is 22.9 Å². The lowest BCUT2D eigenvalue weighted by Gasteiger charge is -2.09. The number of halogens is 1. The zero-order valence-electron chi connectivity index (χ0n) is 11.7. The summed E-state index contributed by atoms with van der Waals surface area (Å²) >= 11 is 3.48. The fraction of sp³-hybridized carbons (Fsp3) is 0.333. The molecule has 2 rings (SSSR count). The lowest BCUT2D eigenvalue weighted by Crippen LogP contribution is -2.08. The molecule has 0 radical (unpaired) electrons. The molecule has 0 aliphatic rings. The molecule has 0 saturated heterocycles. The van der Waals surface area contributed by atoms with E-state index in [9.17, 15) is 0 Å². The molecule has 20 heavy (non-hydrogen) atoms. The first-order chi connectivity index (χ1) is 9.67. The Kier molecular flexibility index (Phi) is 4.80. The lowest BCUT2D eigenvalue weighted by molar-refractivity contribution is 0.619. The molecule has 0 aliphatic carbocycles. The van der Waals surface area contributed by atoms with Gasteiger partial charge in [-0.15, -0.1) is 0 Å². The van der Waals surface area contributed by atoms with Gasteiger partial charge in [-0.25, -0.2) is 0 Å². The van der Waals surface area contributed by atoms with Crippen LogP contribution in [0.3, 0.4) is 0 Å². The van der Waals surface area contributed by atoms with Crippen LogP contribution in [0.25, 0.3) is 0 Å². The first-order valence-electron chi connectivity index (χ1n) is 6.67. The molecule has 0 fully saturated rings. The van der Waals surface area contributed by atoms with Crippen LogP contribution in [0, 0.1) is 11.3 Å². The number of hydrogen-bond donors (Lipinski definition) is 1. The van der Waals surface area contributed by atoms with Crippen LogP contribution in [0.15, 0.2) is 28.7 Å². The molecule has 4 nitrogen and oxygen atoms in total. The maximum atomic E-state index is 8.86. The van der Waals surface area contributed by atoms with Crippen molar-refractivity contribution in [3.8, 4) is 6.07 Å². The highest BCUT2D eigenvalue weighted by atomic mass is 79.9. The highest BCUT2D eigenvalue weighted by Gasteiger charge is 2.07. The van der Waals surface area contributed by atoms with Gasteiger partial charge in [-0.05, 0) is 53.5 Å². The number of hydrogen-bond acceptors (Lipinski definition) is 3. The fourth-order valence-electron chi connectivity index (χ4n) is 2.02. The molecular formula is C15H17BrN4. The molecule has 5 heteroatoms. The van der Waals surface area contributed by atoms with Gasteiger partial charge in [-0.1, -0.05) is 6.92 Å². The average molecular weight is 333 g/mol. The minimum Gasteiger partial charge on any atom is -0.378 e. The number of benzene rings is 1. The fourth-order valence-corrected chi connectivity index (χ4v) is 2.54. The van der Waals surface area contributed by atoms with Gasteiger partial charge in [0.25, 0.3) is 0 Å². The van der Waals surface area contributed by atoms with Gasteiger partial charge in [0.05, 0.1) is 29.6 Å². The second kappa shape index (κ2) is 6.58. The van der Waals surface area contributed by atoms with Crippen molar-refractivity contribution in [2.24, 2.45) is 0 Å². The first-order valence-corrected chi connectivity index (χ1v) is 7.46. The zero-order chi connectivity index (χ0) is 14.5. The predicted molar refractivity (Wildman–Crippen MR) is 83.5 cm³/mol. The van der Waals surface area contributed by atoms with Crippen LogP contribution >= 0.6 is 15.9 Å². The third-order valence-electron chi connectivity index (χ3n) is 3.13. The zero-order valence-corrected chi connectivity index (χ0v) is 13.2. The van der Waals surface area contributed by atoms with Crippen molar-refractivity contribution >= 4 is 21.6 Å². The molecule has 1 N–H and O–H groups in total. The summed E-state index contributed by atoms with van der Waals surface area (Å²) in [5.74, 6) is 0. The highest BCUT2D eigenvalue weighted by molar-refractivity contribution is 9.10. The second-order valence-electron chi connectivity index (χ2n) is 4.46. The minimum atomic E-state index is 0.647. The van der Waals surface area contributed by atoms with Crippen molar-refractivity contribution in [1.29, 1.82) is 5.26 Å². The van der Waals surface area contributed by atoms with E-state index in [0.717, 1.165) is 28.8 Å². The molecule has 1 aromatic heterocycles. The lowest BCUT2D eigenvalue weighted by atomic mass is 10.2. The number of rotatable bonds is 5. The van der Waals surface area contributed by atoms with E-state index in [0.29, 0.717) is 12.1 Å². The van der Waals surface area contributed by atoms with Crippen molar-refractivity contribution in [2.75, 3.05) is 5.32 Å². The second-order valence-corrected chi connectivity index (χ2v) is 5.31. The van der Waals surface area contributed by atoms with Gasteiger partial charge in [-0.3, -0.25) is 4.68 Å². The number of aromatic nitrogens is 2. The largest absolute Gasteiger partial charge is 0.378 e. The molecule has 0 spiro atoms. The Morgan fingerprint density at radius 1 is 1.35 bits per heavy atom. The topological polar surface area (TPSA) is 53.6 Å². The SMILES string of the molecule is CCc1cc(CNc2ccc(C#N)cc2Br)n(CC)n1. The van der Waals surface area contributed by atoms with Gasteiger partial charge < -0.3 is 5.32 Å². The molecule has 0 unspecified atom stereocenters. The summed E-state index contributed by atoms with van der Waals surface area (Å²) in [5.41, 5.74) is 3.91. The van der Waals surface area contributed by atoms with Crippen LogP contribution in [0.5, 0.6) is 0 Å². The summed E-state index contributed by atoms with van der Waals surface area (Å²) in [6.07, 6.45) is 0.945. The predicted octanol–water partition coefficient (Wildman–Crippen LogP) is 3.71. The van der Waals surface area contributed by atoms with Crippen molar-refractivity contribution in [3.05, 3.63) is 45.7 Å². The van der Waals surface area contributed by atoms with Crippen molar-refractivity contribution in [2.45, 2.75) is 33.4 Å². The quantitative estimate of drug-likeness (QED) is 0.907. The standard InChI is InChI=1S/C15H17BrN4/c1-3-12-8-13(20(4-2)19-12)10-18-15-6-5-11(9-17)7-14(15)16/h5-8,18H,3-4,10H2,1-2H3. The van der Waals surface area contributed by atoms with Gasteiger partial charge in [0.2, 0.25) is 0 Å². The van der Waals surface area contributed by atoms with E-state index in [1.54, 1.807) is 0 Å². The Morgan fingerprint density at radius 2 is 2.15 bits per heavy atom. The van der Waals surface area contributed by atoms with Crippen LogP contribution in [0.2, 0.25) is 0 Å². The third kappa shape index (κ3) is 3.20. The summed E-state index contributed by atoms with van der Waals surface area (Å²) in [6.45, 7) is 5.78. The van der Waals surface area contributed by atoms with E-state index < -0.39 is 0 Å². The van der Waals surface area contributed by atoms with E-state index in [-0.39, 0.29) is 0 Å². The summed E-state index contributed by atoms with van der Waals surface area (Å²) in [4.78, 5) is 0. The van der Waals surface area contributed by atoms with E-state index >= 15 is 0 Å². The van der Waals surface area contributed by atoms with E-state index in [1.165, 1.54) is 5.69 Å². The number of nitrogens with one attached hydrogen (secondary N) is 1. The molecule has 2 aromatic rings. The number of nitrogens with zero attached hydrogens (tertiary/aromatic N) is 3. The van der Waals surface area contributed by atoms with E-state index in [2.05, 4.69) is 52.3 Å². The monoisotopic (exact) mass is 332 g/mol. The first kappa shape index (κ1) is 14.6. The van der Waals surface area contributed by atoms with Gasteiger partial charge in [0, 0.05) is 16.7 Å². The molecule has 0 saturated carbocycles. The normalized spacial score (nSPS) is 10.3. The molecule has 0 amide bonds. The molecule has 0 aliphatic heterocycles. The Hall–Kier alpha value is -1.80. The third-order valence-corrected chi connectivity index (χ3v) is 3.79. The maximum absolute atomic E-state index is 8.86. The Balaban J connectivity index is 2.12. The van der Waals surface area contributed by atoms with Gasteiger partial charge >= 0.3 is 0 Å². The molecular weight excluding hydrogens is 316 g/mol. The highest BCUT2D eigenvalue weighted by Crippen LogP contribution is 2.24. The Morgan fingerprint density at radius 3 is 2.75 bits per heavy atom. The molecule has 1 aromatic carbocycles.